The van der Waals surface area contributed by atoms with E-state index in [1.165, 1.54) is 11.3 Å². The number of anilines is 2. The van der Waals surface area contributed by atoms with Crippen LogP contribution < -0.4 is 11.1 Å². The van der Waals surface area contributed by atoms with Gasteiger partial charge in [0.15, 0.2) is 0 Å². The van der Waals surface area contributed by atoms with E-state index in [0.717, 1.165) is 0 Å². The van der Waals surface area contributed by atoms with Gasteiger partial charge < -0.3 is 11.1 Å². The second-order valence-corrected chi connectivity index (χ2v) is 4.91. The molecule has 0 radical (unpaired) electrons. The lowest BCUT2D eigenvalue weighted by atomic mass is 10.1. The van der Waals surface area contributed by atoms with E-state index in [0.29, 0.717) is 27.5 Å². The van der Waals surface area contributed by atoms with E-state index >= 15 is 0 Å². The summed E-state index contributed by atoms with van der Waals surface area (Å²) in [5.74, 6) is -0.149. The minimum absolute atomic E-state index is 0.149. The number of hydrogen-bond acceptors (Lipinski definition) is 5. The number of nitrogen functional groups attached to an aromatic ring is 1. The van der Waals surface area contributed by atoms with Gasteiger partial charge in [-0.05, 0) is 6.92 Å². The molecule has 1 aromatic heterocycles. The van der Waals surface area contributed by atoms with Crippen molar-refractivity contribution in [3.05, 3.63) is 46.3 Å². The minimum atomic E-state index is -0.149. The first-order valence-electron chi connectivity index (χ1n) is 5.85. The summed E-state index contributed by atoms with van der Waals surface area (Å²) in [6.07, 6.45) is 0. The van der Waals surface area contributed by atoms with Crippen LogP contribution in [0.1, 0.15) is 27.7 Å². The number of hydrogen-bond donors (Lipinski definition) is 2. The smallest absolute Gasteiger partial charge is 0.205 e. The summed E-state index contributed by atoms with van der Waals surface area (Å²) in [6, 6.07) is 11.0. The number of rotatable bonds is 4. The molecule has 0 aliphatic carbocycles. The van der Waals surface area contributed by atoms with Crippen molar-refractivity contribution >= 4 is 27.8 Å². The lowest BCUT2D eigenvalue weighted by Gasteiger charge is -1.98. The molecule has 4 nitrogen and oxygen atoms in total. The van der Waals surface area contributed by atoms with Gasteiger partial charge in [-0.25, -0.2) is 0 Å². The zero-order chi connectivity index (χ0) is 13.8. The van der Waals surface area contributed by atoms with Gasteiger partial charge in [-0.2, -0.15) is 5.26 Å². The van der Waals surface area contributed by atoms with Crippen molar-refractivity contribution in [1.29, 1.82) is 5.26 Å². The summed E-state index contributed by atoms with van der Waals surface area (Å²) < 4.78 is 0. The van der Waals surface area contributed by atoms with Gasteiger partial charge in [0.25, 0.3) is 0 Å². The highest BCUT2D eigenvalue weighted by Gasteiger charge is 2.21. The molecule has 2 rings (SSSR count). The highest BCUT2D eigenvalue weighted by Crippen LogP contribution is 2.36. The second-order valence-electron chi connectivity index (χ2n) is 3.89. The Bertz CT molecular complexity index is 641. The molecule has 19 heavy (non-hydrogen) atoms. The van der Waals surface area contributed by atoms with Crippen molar-refractivity contribution in [3.63, 3.8) is 0 Å². The molecule has 1 heterocycles. The summed E-state index contributed by atoms with van der Waals surface area (Å²) in [6.45, 7) is 2.60. The molecule has 0 saturated heterocycles. The van der Waals surface area contributed by atoms with Crippen LogP contribution in [0, 0.1) is 11.3 Å². The lowest BCUT2D eigenvalue weighted by molar-refractivity contribution is 0.104. The van der Waals surface area contributed by atoms with Gasteiger partial charge in [-0.15, -0.1) is 11.3 Å². The first-order valence-corrected chi connectivity index (χ1v) is 6.66. The van der Waals surface area contributed by atoms with Crippen molar-refractivity contribution in [3.8, 4) is 6.07 Å². The molecular formula is C14H13N3OS. The fourth-order valence-corrected chi connectivity index (χ4v) is 2.83. The molecule has 0 spiro atoms. The molecule has 0 atom stereocenters. The average Bonchev–Trinajstić information content (AvgIpc) is 2.75. The lowest BCUT2D eigenvalue weighted by Crippen LogP contribution is -2.02. The van der Waals surface area contributed by atoms with Crippen LogP contribution in [0.15, 0.2) is 30.3 Å². The number of nitrogens with one attached hydrogen (secondary N) is 1. The van der Waals surface area contributed by atoms with Gasteiger partial charge >= 0.3 is 0 Å². The first-order chi connectivity index (χ1) is 9.19. The number of benzene rings is 1. The van der Waals surface area contributed by atoms with Crippen LogP contribution >= 0.6 is 11.3 Å². The SMILES string of the molecule is CCNc1sc(C(=O)c2ccccc2)c(N)c1C#N. The van der Waals surface area contributed by atoms with Gasteiger partial charge in [-0.1, -0.05) is 30.3 Å². The Labute approximate surface area is 115 Å². The van der Waals surface area contributed by atoms with Crippen LogP contribution in [0.3, 0.4) is 0 Å². The van der Waals surface area contributed by atoms with E-state index in [4.69, 9.17) is 11.0 Å². The Morgan fingerprint density at radius 1 is 1.42 bits per heavy atom. The van der Waals surface area contributed by atoms with Crippen LogP contribution in [0.4, 0.5) is 10.7 Å². The van der Waals surface area contributed by atoms with Gasteiger partial charge in [-0.3, -0.25) is 4.79 Å². The largest absolute Gasteiger partial charge is 0.396 e. The normalized spacial score (nSPS) is 9.89. The fourth-order valence-electron chi connectivity index (χ4n) is 1.73. The van der Waals surface area contributed by atoms with Crippen molar-refractivity contribution < 1.29 is 4.79 Å². The zero-order valence-corrected chi connectivity index (χ0v) is 11.3. The van der Waals surface area contributed by atoms with E-state index in [1.807, 2.05) is 19.1 Å². The molecule has 0 saturated carbocycles. The van der Waals surface area contributed by atoms with E-state index in [2.05, 4.69) is 5.32 Å². The highest BCUT2D eigenvalue weighted by molar-refractivity contribution is 7.19. The van der Waals surface area contributed by atoms with Crippen LogP contribution in [0.5, 0.6) is 0 Å². The van der Waals surface area contributed by atoms with Crippen molar-refractivity contribution in [1.82, 2.24) is 0 Å². The number of nitrogens with two attached hydrogens (primary N) is 1. The number of nitriles is 1. The second kappa shape index (κ2) is 5.55. The third-order valence-electron chi connectivity index (χ3n) is 2.64. The molecule has 2 aromatic rings. The molecular weight excluding hydrogens is 258 g/mol. The molecule has 0 aliphatic heterocycles. The molecule has 0 unspecified atom stereocenters. The van der Waals surface area contributed by atoms with Gasteiger partial charge in [0.1, 0.15) is 21.5 Å². The fraction of sp³-hybridized carbons (Fsp3) is 0.143. The summed E-state index contributed by atoms with van der Waals surface area (Å²) in [7, 11) is 0. The summed E-state index contributed by atoms with van der Waals surface area (Å²) in [4.78, 5) is 12.8. The average molecular weight is 271 g/mol. The number of nitrogens with zero attached hydrogens (tertiary/aromatic N) is 1. The monoisotopic (exact) mass is 271 g/mol. The Hall–Kier alpha value is -2.32. The molecule has 0 amide bonds. The quantitative estimate of drug-likeness (QED) is 0.838. The summed E-state index contributed by atoms with van der Waals surface area (Å²) >= 11 is 1.23. The van der Waals surface area contributed by atoms with E-state index in [9.17, 15) is 4.79 Å². The van der Waals surface area contributed by atoms with Crippen LogP contribution in [-0.2, 0) is 0 Å². The van der Waals surface area contributed by atoms with Gasteiger partial charge in [0.2, 0.25) is 5.78 Å². The van der Waals surface area contributed by atoms with Crippen molar-refractivity contribution in [2.75, 3.05) is 17.6 Å². The van der Waals surface area contributed by atoms with E-state index in [1.54, 1.807) is 24.3 Å². The van der Waals surface area contributed by atoms with Crippen molar-refractivity contribution in [2.24, 2.45) is 0 Å². The number of carbonyl (C=O) groups is 1. The molecule has 0 aliphatic rings. The standard InChI is InChI=1S/C14H13N3OS/c1-2-17-14-10(8-15)11(16)13(19-14)12(18)9-6-4-3-5-7-9/h3-7,17H,2,16H2,1H3. The minimum Gasteiger partial charge on any atom is -0.396 e. The Morgan fingerprint density at radius 3 is 2.68 bits per heavy atom. The summed E-state index contributed by atoms with van der Waals surface area (Å²) in [5.41, 5.74) is 7.10. The molecule has 5 heteroatoms. The maximum atomic E-state index is 12.3. The Kier molecular flexibility index (Phi) is 3.83. The Balaban J connectivity index is 2.47. The van der Waals surface area contributed by atoms with Crippen LogP contribution in [0.25, 0.3) is 0 Å². The Morgan fingerprint density at radius 2 is 2.11 bits per heavy atom. The number of thiophene rings is 1. The number of ketones is 1. The maximum Gasteiger partial charge on any atom is 0.205 e. The summed E-state index contributed by atoms with van der Waals surface area (Å²) in [5, 5.41) is 12.8. The third kappa shape index (κ3) is 2.44. The van der Waals surface area contributed by atoms with E-state index in [-0.39, 0.29) is 11.5 Å². The van der Waals surface area contributed by atoms with Crippen LogP contribution in [-0.4, -0.2) is 12.3 Å². The third-order valence-corrected chi connectivity index (χ3v) is 3.80. The maximum absolute atomic E-state index is 12.3. The number of carbonyl (C=O) groups excluding carboxylic acids is 1. The highest BCUT2D eigenvalue weighted by atomic mass is 32.1. The van der Waals surface area contributed by atoms with E-state index < -0.39 is 0 Å². The van der Waals surface area contributed by atoms with Crippen LogP contribution in [0.2, 0.25) is 0 Å². The predicted octanol–water partition coefficient (Wildman–Crippen LogP) is 2.86. The van der Waals surface area contributed by atoms with Gasteiger partial charge in [0.05, 0.1) is 5.69 Å². The zero-order valence-electron chi connectivity index (χ0n) is 10.4. The molecule has 0 bridgehead atoms. The van der Waals surface area contributed by atoms with Gasteiger partial charge in [0, 0.05) is 12.1 Å². The predicted molar refractivity (Wildman–Crippen MR) is 77.5 cm³/mol. The molecule has 96 valence electrons. The molecule has 1 aromatic carbocycles. The van der Waals surface area contributed by atoms with Crippen molar-refractivity contribution in [2.45, 2.75) is 6.92 Å². The molecule has 3 N–H and O–H groups in total. The topological polar surface area (TPSA) is 78.9 Å². The molecule has 0 fully saturated rings. The first kappa shape index (κ1) is 13.1.